The van der Waals surface area contributed by atoms with Crippen molar-refractivity contribution in [2.75, 3.05) is 18.6 Å². The number of nitriles is 1. The van der Waals surface area contributed by atoms with Crippen LogP contribution in [-0.4, -0.2) is 47.5 Å². The van der Waals surface area contributed by atoms with Crippen LogP contribution in [0.15, 0.2) is 65.7 Å². The topological polar surface area (TPSA) is 127 Å². The number of methoxy groups -OCH3 is 1. The Morgan fingerprint density at radius 1 is 1.10 bits per heavy atom. The Hall–Kier alpha value is -4.49. The quantitative estimate of drug-likeness (QED) is 0.217. The predicted molar refractivity (Wildman–Crippen MR) is 144 cm³/mol. The number of thioether (sulfide) groups is 1. The van der Waals surface area contributed by atoms with Crippen molar-refractivity contribution in [1.29, 1.82) is 5.26 Å². The summed E-state index contributed by atoms with van der Waals surface area (Å²) < 4.78 is 10.3. The van der Waals surface area contributed by atoms with Gasteiger partial charge in [0.15, 0.2) is 6.61 Å². The second kappa shape index (κ2) is 11.9. The SMILES string of the molecule is COc1ccccc1C(=O)COC(=O)c1ccc(N2C(=O)CC(Sc3nc(C(C)C)ccc3C#N)C2=O)cc1. The van der Waals surface area contributed by atoms with E-state index in [1.165, 1.54) is 31.4 Å². The molecule has 39 heavy (non-hydrogen) atoms. The number of aromatic nitrogens is 1. The number of amides is 2. The van der Waals surface area contributed by atoms with Crippen LogP contribution in [0, 0.1) is 11.3 Å². The summed E-state index contributed by atoms with van der Waals surface area (Å²) in [6, 6.07) is 18.0. The van der Waals surface area contributed by atoms with Crippen LogP contribution in [0.4, 0.5) is 5.69 Å². The van der Waals surface area contributed by atoms with Crippen molar-refractivity contribution in [3.63, 3.8) is 0 Å². The summed E-state index contributed by atoms with van der Waals surface area (Å²) in [5, 5.41) is 9.15. The molecule has 0 aliphatic carbocycles. The number of anilines is 1. The van der Waals surface area contributed by atoms with Crippen molar-refractivity contribution in [2.24, 2.45) is 0 Å². The fourth-order valence-corrected chi connectivity index (χ4v) is 5.07. The Kier molecular flexibility index (Phi) is 8.42. The number of nitrogens with zero attached hydrogens (tertiary/aromatic N) is 3. The molecule has 1 aromatic heterocycles. The maximum atomic E-state index is 13.2. The highest BCUT2D eigenvalue weighted by Crippen LogP contribution is 2.35. The molecular formula is C29H25N3O6S. The van der Waals surface area contributed by atoms with Gasteiger partial charge in [-0.05, 0) is 54.4 Å². The molecule has 1 aliphatic heterocycles. The number of esters is 1. The molecule has 9 nitrogen and oxygen atoms in total. The predicted octanol–water partition coefficient (Wildman–Crippen LogP) is 4.55. The Balaban J connectivity index is 1.42. The molecule has 1 saturated heterocycles. The molecule has 0 N–H and O–H groups in total. The average Bonchev–Trinajstić information content (AvgIpc) is 3.23. The lowest BCUT2D eigenvalue weighted by Crippen LogP contribution is -2.31. The van der Waals surface area contributed by atoms with Gasteiger partial charge in [0.25, 0.3) is 0 Å². The molecule has 0 bridgehead atoms. The van der Waals surface area contributed by atoms with Crippen molar-refractivity contribution >= 4 is 41.0 Å². The molecule has 4 rings (SSSR count). The second-order valence-corrected chi connectivity index (χ2v) is 10.2. The van der Waals surface area contributed by atoms with Crippen molar-refractivity contribution < 1.29 is 28.7 Å². The van der Waals surface area contributed by atoms with Crippen molar-refractivity contribution in [3.8, 4) is 11.8 Å². The van der Waals surface area contributed by atoms with Gasteiger partial charge < -0.3 is 9.47 Å². The van der Waals surface area contributed by atoms with Crippen LogP contribution >= 0.6 is 11.8 Å². The van der Waals surface area contributed by atoms with Crippen LogP contribution in [0.5, 0.6) is 5.75 Å². The molecule has 0 radical (unpaired) electrons. The smallest absolute Gasteiger partial charge is 0.338 e. The minimum Gasteiger partial charge on any atom is -0.496 e. The van der Waals surface area contributed by atoms with E-state index in [1.54, 1.807) is 36.4 Å². The molecule has 1 aliphatic rings. The highest BCUT2D eigenvalue weighted by Gasteiger charge is 2.40. The summed E-state index contributed by atoms with van der Waals surface area (Å²) in [7, 11) is 1.45. The number of Topliss-reactive ketones (excluding diaryl/α,β-unsaturated/α-hetero) is 1. The Labute approximate surface area is 229 Å². The lowest BCUT2D eigenvalue weighted by molar-refractivity contribution is -0.121. The van der Waals surface area contributed by atoms with Gasteiger partial charge in [0.05, 0.1) is 34.7 Å². The zero-order chi connectivity index (χ0) is 28.1. The zero-order valence-electron chi connectivity index (χ0n) is 21.5. The summed E-state index contributed by atoms with van der Waals surface area (Å²) in [5.41, 5.74) is 1.89. The largest absolute Gasteiger partial charge is 0.496 e. The third-order valence-electron chi connectivity index (χ3n) is 6.06. The first-order valence-electron chi connectivity index (χ1n) is 12.1. The molecule has 2 heterocycles. The van der Waals surface area contributed by atoms with E-state index >= 15 is 0 Å². The number of hydrogen-bond donors (Lipinski definition) is 0. The molecule has 0 spiro atoms. The number of ketones is 1. The number of imide groups is 1. The third-order valence-corrected chi connectivity index (χ3v) is 7.24. The number of carbonyl (C=O) groups is 4. The number of para-hydroxylation sites is 1. The van der Waals surface area contributed by atoms with Crippen molar-refractivity contribution in [2.45, 2.75) is 36.5 Å². The van der Waals surface area contributed by atoms with Gasteiger partial charge in [-0.3, -0.25) is 14.4 Å². The van der Waals surface area contributed by atoms with Crippen LogP contribution in [0.25, 0.3) is 0 Å². The number of carbonyl (C=O) groups excluding carboxylic acids is 4. The molecule has 2 amide bonds. The molecule has 1 unspecified atom stereocenters. The summed E-state index contributed by atoms with van der Waals surface area (Å²) in [4.78, 5) is 56.5. The lowest BCUT2D eigenvalue weighted by atomic mass is 10.1. The van der Waals surface area contributed by atoms with Crippen LogP contribution in [-0.2, 0) is 14.3 Å². The Morgan fingerprint density at radius 2 is 1.82 bits per heavy atom. The van der Waals surface area contributed by atoms with Gasteiger partial charge in [-0.1, -0.05) is 37.7 Å². The molecule has 198 valence electrons. The first-order chi connectivity index (χ1) is 18.7. The van der Waals surface area contributed by atoms with Gasteiger partial charge in [0.1, 0.15) is 16.8 Å². The van der Waals surface area contributed by atoms with Gasteiger partial charge in [0.2, 0.25) is 17.6 Å². The molecular weight excluding hydrogens is 518 g/mol. The maximum Gasteiger partial charge on any atom is 0.338 e. The minimum atomic E-state index is -0.731. The van der Waals surface area contributed by atoms with Gasteiger partial charge in [-0.2, -0.15) is 5.26 Å². The van der Waals surface area contributed by atoms with E-state index in [0.717, 1.165) is 22.4 Å². The first kappa shape index (κ1) is 27.5. The maximum absolute atomic E-state index is 13.2. The molecule has 10 heteroatoms. The molecule has 0 saturated carbocycles. The second-order valence-electron chi connectivity index (χ2n) is 8.98. The van der Waals surface area contributed by atoms with Gasteiger partial charge >= 0.3 is 5.97 Å². The number of rotatable bonds is 9. The Morgan fingerprint density at radius 3 is 2.49 bits per heavy atom. The number of ether oxygens (including phenoxy) is 2. The number of benzene rings is 2. The van der Waals surface area contributed by atoms with E-state index in [-0.39, 0.29) is 17.9 Å². The summed E-state index contributed by atoms with van der Waals surface area (Å²) >= 11 is 1.10. The van der Waals surface area contributed by atoms with E-state index < -0.39 is 35.4 Å². The molecule has 2 aromatic carbocycles. The van der Waals surface area contributed by atoms with Crippen LogP contribution < -0.4 is 9.64 Å². The summed E-state index contributed by atoms with van der Waals surface area (Å²) in [5.74, 6) is -1.44. The average molecular weight is 544 g/mol. The summed E-state index contributed by atoms with van der Waals surface area (Å²) in [6.07, 6.45) is -0.0448. The minimum absolute atomic E-state index is 0.0448. The fraction of sp³-hybridized carbons (Fsp3) is 0.241. The van der Waals surface area contributed by atoms with Gasteiger partial charge in [-0.25, -0.2) is 14.7 Å². The van der Waals surface area contributed by atoms with Crippen molar-refractivity contribution in [3.05, 3.63) is 83.0 Å². The monoisotopic (exact) mass is 543 g/mol. The standard InChI is InChI=1S/C29H25N3O6S/c1-17(2)22-13-10-19(15-30)27(31-22)39-25-14-26(34)32(28(25)35)20-11-8-18(9-12-20)29(36)38-16-23(33)21-6-4-5-7-24(21)37-3/h4-13,17,25H,14,16H2,1-3H3. The van der Waals surface area contributed by atoms with E-state index in [4.69, 9.17) is 9.47 Å². The van der Waals surface area contributed by atoms with Crippen molar-refractivity contribution in [1.82, 2.24) is 4.98 Å². The molecule has 3 aromatic rings. The van der Waals surface area contributed by atoms with E-state index in [2.05, 4.69) is 11.1 Å². The number of hydrogen-bond acceptors (Lipinski definition) is 9. The normalized spacial score (nSPS) is 14.8. The van der Waals surface area contributed by atoms with Gasteiger partial charge in [0, 0.05) is 12.1 Å². The van der Waals surface area contributed by atoms with Crippen LogP contribution in [0.1, 0.15) is 58.2 Å². The zero-order valence-corrected chi connectivity index (χ0v) is 22.4. The molecule has 1 atom stereocenters. The summed E-state index contributed by atoms with van der Waals surface area (Å²) in [6.45, 7) is 3.48. The van der Waals surface area contributed by atoms with Crippen LogP contribution in [0.3, 0.4) is 0 Å². The lowest BCUT2D eigenvalue weighted by Gasteiger charge is -2.16. The van der Waals surface area contributed by atoms with Crippen LogP contribution in [0.2, 0.25) is 0 Å². The van der Waals surface area contributed by atoms with E-state index in [0.29, 0.717) is 27.6 Å². The first-order valence-corrected chi connectivity index (χ1v) is 13.0. The fourth-order valence-electron chi connectivity index (χ4n) is 3.97. The Bertz CT molecular complexity index is 1480. The molecule has 1 fully saturated rings. The number of pyridine rings is 1. The highest BCUT2D eigenvalue weighted by atomic mass is 32.2. The highest BCUT2D eigenvalue weighted by molar-refractivity contribution is 8.00. The van der Waals surface area contributed by atoms with Gasteiger partial charge in [-0.15, -0.1) is 0 Å². The third kappa shape index (κ3) is 5.99. The van der Waals surface area contributed by atoms with E-state index in [9.17, 15) is 24.4 Å². The van der Waals surface area contributed by atoms with E-state index in [1.807, 2.05) is 13.8 Å².